The zero-order valence-electron chi connectivity index (χ0n) is 9.03. The minimum atomic E-state index is 0.641. The number of aryl methyl sites for hydroxylation is 1. The fraction of sp³-hybridized carbons (Fsp3) is 0.231. The molecule has 3 heteroatoms. The first-order valence-electron chi connectivity index (χ1n) is 5.29. The van der Waals surface area contributed by atoms with E-state index in [-0.39, 0.29) is 0 Å². The molecule has 16 heavy (non-hydrogen) atoms. The van der Waals surface area contributed by atoms with Gasteiger partial charge in [-0.25, -0.2) is 0 Å². The molecule has 0 saturated heterocycles. The summed E-state index contributed by atoms with van der Waals surface area (Å²) in [6, 6.07) is 8.45. The molecule has 0 bridgehead atoms. The van der Waals surface area contributed by atoms with Crippen LogP contribution in [0.4, 0.5) is 0 Å². The van der Waals surface area contributed by atoms with E-state index in [0.717, 1.165) is 11.5 Å². The molecule has 0 atom stereocenters. The standard InChI is InChI=1S/C13H12O2S/c1-9-3-2-4-10(7-9)13-12-11(8-16-13)14-5-6-15-12/h2-4,7-8H,5-6H2,1H3. The van der Waals surface area contributed by atoms with Crippen LogP contribution in [0, 0.1) is 6.92 Å². The Morgan fingerprint density at radius 1 is 1.19 bits per heavy atom. The van der Waals surface area contributed by atoms with Crippen molar-refractivity contribution in [2.75, 3.05) is 13.2 Å². The van der Waals surface area contributed by atoms with Crippen molar-refractivity contribution in [3.05, 3.63) is 35.2 Å². The van der Waals surface area contributed by atoms with E-state index in [1.54, 1.807) is 11.3 Å². The van der Waals surface area contributed by atoms with Gasteiger partial charge < -0.3 is 9.47 Å². The number of fused-ring (bicyclic) bond motifs is 1. The predicted octanol–water partition coefficient (Wildman–Crippen LogP) is 3.49. The molecule has 1 aromatic carbocycles. The third-order valence-corrected chi connectivity index (χ3v) is 3.57. The highest BCUT2D eigenvalue weighted by molar-refractivity contribution is 7.14. The highest BCUT2D eigenvalue weighted by Crippen LogP contribution is 2.45. The van der Waals surface area contributed by atoms with Gasteiger partial charge in [0.25, 0.3) is 0 Å². The minimum absolute atomic E-state index is 0.641. The average Bonchev–Trinajstić information content (AvgIpc) is 2.72. The van der Waals surface area contributed by atoms with Gasteiger partial charge >= 0.3 is 0 Å². The molecule has 3 rings (SSSR count). The largest absolute Gasteiger partial charge is 0.485 e. The van der Waals surface area contributed by atoms with Gasteiger partial charge in [-0.15, -0.1) is 11.3 Å². The van der Waals surface area contributed by atoms with E-state index in [9.17, 15) is 0 Å². The molecule has 1 aliphatic rings. The van der Waals surface area contributed by atoms with E-state index in [2.05, 4.69) is 31.2 Å². The summed E-state index contributed by atoms with van der Waals surface area (Å²) in [5, 5.41) is 2.02. The van der Waals surface area contributed by atoms with E-state index < -0.39 is 0 Å². The molecule has 0 spiro atoms. The first-order chi connectivity index (χ1) is 7.84. The molecule has 82 valence electrons. The Balaban J connectivity index is 2.09. The SMILES string of the molecule is Cc1cccc(-c2scc3c2OCCO3)c1. The lowest BCUT2D eigenvalue weighted by molar-refractivity contribution is 0.174. The van der Waals surface area contributed by atoms with Crippen LogP contribution in [0.1, 0.15) is 5.56 Å². The van der Waals surface area contributed by atoms with E-state index in [4.69, 9.17) is 9.47 Å². The zero-order chi connectivity index (χ0) is 11.0. The summed E-state index contributed by atoms with van der Waals surface area (Å²) in [7, 11) is 0. The van der Waals surface area contributed by atoms with Crippen molar-refractivity contribution < 1.29 is 9.47 Å². The second kappa shape index (κ2) is 3.83. The van der Waals surface area contributed by atoms with Crippen molar-refractivity contribution in [3.8, 4) is 21.9 Å². The van der Waals surface area contributed by atoms with Crippen molar-refractivity contribution in [2.45, 2.75) is 6.92 Å². The number of ether oxygens (including phenoxy) is 2. The Labute approximate surface area is 98.4 Å². The topological polar surface area (TPSA) is 18.5 Å². The van der Waals surface area contributed by atoms with Crippen molar-refractivity contribution in [1.82, 2.24) is 0 Å². The molecule has 2 heterocycles. The number of hydrogen-bond acceptors (Lipinski definition) is 3. The Hall–Kier alpha value is -1.48. The quantitative estimate of drug-likeness (QED) is 0.749. The van der Waals surface area contributed by atoms with Gasteiger partial charge in [0.1, 0.15) is 13.2 Å². The molecular formula is C13H12O2S. The predicted molar refractivity (Wildman–Crippen MR) is 65.5 cm³/mol. The van der Waals surface area contributed by atoms with Crippen LogP contribution in [0.25, 0.3) is 10.4 Å². The molecule has 2 nitrogen and oxygen atoms in total. The molecule has 0 unspecified atom stereocenters. The van der Waals surface area contributed by atoms with Gasteiger partial charge in [0.2, 0.25) is 0 Å². The summed E-state index contributed by atoms with van der Waals surface area (Å²) in [4.78, 5) is 1.17. The smallest absolute Gasteiger partial charge is 0.179 e. The Bertz CT molecular complexity index is 516. The first-order valence-corrected chi connectivity index (χ1v) is 6.17. The minimum Gasteiger partial charge on any atom is -0.485 e. The van der Waals surface area contributed by atoms with Crippen LogP contribution in [0.3, 0.4) is 0 Å². The number of thiophene rings is 1. The fourth-order valence-electron chi connectivity index (χ4n) is 1.85. The third-order valence-electron chi connectivity index (χ3n) is 2.58. The number of rotatable bonds is 1. The van der Waals surface area contributed by atoms with Gasteiger partial charge in [-0.2, -0.15) is 0 Å². The van der Waals surface area contributed by atoms with Crippen molar-refractivity contribution in [3.63, 3.8) is 0 Å². The molecule has 1 aliphatic heterocycles. The lowest BCUT2D eigenvalue weighted by Crippen LogP contribution is -2.14. The first kappa shape index (κ1) is 9.73. The zero-order valence-corrected chi connectivity index (χ0v) is 9.84. The van der Waals surface area contributed by atoms with Crippen LogP contribution >= 0.6 is 11.3 Å². The van der Waals surface area contributed by atoms with Crippen LogP contribution < -0.4 is 9.47 Å². The fourth-order valence-corrected chi connectivity index (χ4v) is 2.78. The van der Waals surface area contributed by atoms with Gasteiger partial charge in [-0.1, -0.05) is 29.8 Å². The summed E-state index contributed by atoms with van der Waals surface area (Å²) in [6.45, 7) is 3.39. The second-order valence-corrected chi connectivity index (χ2v) is 4.70. The highest BCUT2D eigenvalue weighted by atomic mass is 32.1. The van der Waals surface area contributed by atoms with Gasteiger partial charge in [-0.3, -0.25) is 0 Å². The van der Waals surface area contributed by atoms with Crippen LogP contribution in [0.15, 0.2) is 29.6 Å². The molecule has 0 fully saturated rings. The second-order valence-electron chi connectivity index (χ2n) is 3.82. The van der Waals surface area contributed by atoms with Gasteiger partial charge in [-0.05, 0) is 12.5 Å². The monoisotopic (exact) mass is 232 g/mol. The highest BCUT2D eigenvalue weighted by Gasteiger charge is 2.19. The Kier molecular flexibility index (Phi) is 2.33. The van der Waals surface area contributed by atoms with E-state index >= 15 is 0 Å². The lowest BCUT2D eigenvalue weighted by Gasteiger charge is -2.16. The Morgan fingerprint density at radius 3 is 2.94 bits per heavy atom. The van der Waals surface area contributed by atoms with E-state index in [0.29, 0.717) is 13.2 Å². The maximum atomic E-state index is 5.67. The van der Waals surface area contributed by atoms with E-state index in [1.165, 1.54) is 16.0 Å². The van der Waals surface area contributed by atoms with Crippen molar-refractivity contribution in [2.24, 2.45) is 0 Å². The maximum Gasteiger partial charge on any atom is 0.179 e. The number of benzene rings is 1. The van der Waals surface area contributed by atoms with Gasteiger partial charge in [0.15, 0.2) is 11.5 Å². The van der Waals surface area contributed by atoms with Crippen molar-refractivity contribution in [1.29, 1.82) is 0 Å². The summed E-state index contributed by atoms with van der Waals surface area (Å²) in [6.07, 6.45) is 0. The third kappa shape index (κ3) is 1.57. The molecule has 1 aromatic heterocycles. The summed E-state index contributed by atoms with van der Waals surface area (Å²) >= 11 is 1.68. The summed E-state index contributed by atoms with van der Waals surface area (Å²) in [5.74, 6) is 1.79. The van der Waals surface area contributed by atoms with Crippen molar-refractivity contribution >= 4 is 11.3 Å². The molecular weight excluding hydrogens is 220 g/mol. The summed E-state index contributed by atoms with van der Waals surface area (Å²) < 4.78 is 11.2. The normalized spacial score (nSPS) is 13.8. The molecule has 0 radical (unpaired) electrons. The molecule has 0 amide bonds. The van der Waals surface area contributed by atoms with E-state index in [1.807, 2.05) is 5.38 Å². The number of hydrogen-bond donors (Lipinski definition) is 0. The van der Waals surface area contributed by atoms with Crippen LogP contribution in [0.5, 0.6) is 11.5 Å². The van der Waals surface area contributed by atoms with Crippen LogP contribution in [-0.2, 0) is 0 Å². The molecule has 0 N–H and O–H groups in total. The summed E-state index contributed by atoms with van der Waals surface area (Å²) in [5.41, 5.74) is 2.47. The lowest BCUT2D eigenvalue weighted by atomic mass is 10.1. The average molecular weight is 232 g/mol. The Morgan fingerprint density at radius 2 is 2.06 bits per heavy atom. The molecule has 2 aromatic rings. The van der Waals surface area contributed by atoms with Gasteiger partial charge in [0.05, 0.1) is 4.88 Å². The van der Waals surface area contributed by atoms with Crippen LogP contribution in [0.2, 0.25) is 0 Å². The molecule has 0 aliphatic carbocycles. The van der Waals surface area contributed by atoms with Crippen LogP contribution in [-0.4, -0.2) is 13.2 Å². The van der Waals surface area contributed by atoms with Gasteiger partial charge in [0, 0.05) is 5.38 Å². The molecule has 0 saturated carbocycles. The maximum absolute atomic E-state index is 5.67.